The molecule has 0 unspecified atom stereocenters. The Morgan fingerprint density at radius 1 is 1.22 bits per heavy atom. The molecule has 1 saturated heterocycles. The van der Waals surface area contributed by atoms with Crippen LogP contribution in [0.1, 0.15) is 55.8 Å². The maximum atomic E-state index is 15.7. The van der Waals surface area contributed by atoms with Crippen LogP contribution in [0.5, 0.6) is 5.75 Å². The summed E-state index contributed by atoms with van der Waals surface area (Å²) in [5.74, 6) is -0.486. The molecule has 1 aliphatic heterocycles. The third-order valence-corrected chi connectivity index (χ3v) is 7.91. The van der Waals surface area contributed by atoms with Gasteiger partial charge in [-0.1, -0.05) is 23.7 Å². The molecule has 0 saturated carbocycles. The van der Waals surface area contributed by atoms with Crippen LogP contribution in [0, 0.1) is 11.2 Å². The number of hydrogen-bond donors (Lipinski definition) is 1. The van der Waals surface area contributed by atoms with Crippen LogP contribution in [-0.2, 0) is 11.2 Å². The monoisotopic (exact) mass is 530 g/mol. The van der Waals surface area contributed by atoms with E-state index in [2.05, 4.69) is 9.88 Å². The predicted octanol–water partition coefficient (Wildman–Crippen LogP) is 7.02. The molecule has 0 aliphatic carbocycles. The number of nitrogens with zero attached hydrogens (tertiary/aromatic N) is 2. The highest BCUT2D eigenvalue weighted by atomic mass is 35.5. The summed E-state index contributed by atoms with van der Waals surface area (Å²) in [6.07, 6.45) is 4.04. The number of aromatic nitrogens is 1. The van der Waals surface area contributed by atoms with Crippen LogP contribution in [-0.4, -0.2) is 47.7 Å². The molecule has 1 aliphatic rings. The Kier molecular flexibility index (Phi) is 8.98. The van der Waals surface area contributed by atoms with E-state index in [-0.39, 0.29) is 23.7 Å². The second kappa shape index (κ2) is 12.2. The Balaban J connectivity index is 1.38. The van der Waals surface area contributed by atoms with E-state index < -0.39 is 17.6 Å². The number of hydrogen-bond acceptors (Lipinski definition) is 4. The number of aryl methyl sites for hydroxylation is 1. The number of methoxy groups -OCH3 is 1. The van der Waals surface area contributed by atoms with E-state index >= 15 is 4.39 Å². The van der Waals surface area contributed by atoms with Gasteiger partial charge in [0, 0.05) is 17.1 Å². The lowest BCUT2D eigenvalue weighted by Crippen LogP contribution is -2.41. The number of halogens is 3. The van der Waals surface area contributed by atoms with E-state index in [1.807, 2.05) is 12.1 Å². The Morgan fingerprint density at radius 2 is 1.95 bits per heavy atom. The van der Waals surface area contributed by atoms with Gasteiger partial charge in [0.05, 0.1) is 24.1 Å². The average molecular weight is 531 g/mol. The summed E-state index contributed by atoms with van der Waals surface area (Å²) >= 11 is 6.39. The quantitative estimate of drug-likeness (QED) is 0.289. The second-order valence-electron chi connectivity index (χ2n) is 10.1. The first kappa shape index (κ1) is 27.3. The molecule has 5 nitrogen and oxygen atoms in total. The van der Waals surface area contributed by atoms with Crippen LogP contribution >= 0.6 is 11.6 Å². The van der Waals surface area contributed by atoms with Gasteiger partial charge < -0.3 is 14.7 Å². The number of benzene rings is 2. The standard InChI is InChI=1S/C29H33ClF2N2O3/c1-37-22-8-9-26-23(17-22)28(24(30)19-33-26)25(32)10-11-29(18-27(35)36)12-15-34(16-13-29)14-2-3-20-4-6-21(31)7-5-20/h4-9,17,19,25H,2-3,10-16,18H2,1H3,(H,35,36)/t25-/m1/s1. The zero-order valence-electron chi connectivity index (χ0n) is 21.1. The highest BCUT2D eigenvalue weighted by molar-refractivity contribution is 6.32. The van der Waals surface area contributed by atoms with Crippen molar-refractivity contribution < 1.29 is 23.4 Å². The minimum atomic E-state index is -1.34. The van der Waals surface area contributed by atoms with Crippen molar-refractivity contribution in [2.45, 2.75) is 51.1 Å². The summed E-state index contributed by atoms with van der Waals surface area (Å²) in [5, 5.41) is 10.5. The van der Waals surface area contributed by atoms with Gasteiger partial charge in [-0.3, -0.25) is 9.78 Å². The first-order valence-electron chi connectivity index (χ1n) is 12.7. The zero-order chi connectivity index (χ0) is 26.4. The van der Waals surface area contributed by atoms with E-state index in [4.69, 9.17) is 16.3 Å². The summed E-state index contributed by atoms with van der Waals surface area (Å²) in [4.78, 5) is 18.4. The smallest absolute Gasteiger partial charge is 0.303 e. The molecule has 4 rings (SSSR count). The van der Waals surface area contributed by atoms with Gasteiger partial charge in [0.1, 0.15) is 17.7 Å². The number of rotatable bonds is 11. The van der Waals surface area contributed by atoms with Gasteiger partial charge in [0.25, 0.3) is 0 Å². The topological polar surface area (TPSA) is 62.7 Å². The number of ether oxygens (including phenoxy) is 1. The molecule has 2 heterocycles. The summed E-state index contributed by atoms with van der Waals surface area (Å²) in [6, 6.07) is 11.9. The summed E-state index contributed by atoms with van der Waals surface area (Å²) in [7, 11) is 1.55. The lowest BCUT2D eigenvalue weighted by atomic mass is 9.71. The molecule has 3 aromatic rings. The number of carbonyl (C=O) groups is 1. The maximum Gasteiger partial charge on any atom is 0.303 e. The summed E-state index contributed by atoms with van der Waals surface area (Å²) in [6.45, 7) is 2.46. The van der Waals surface area contributed by atoms with E-state index in [9.17, 15) is 14.3 Å². The molecule has 1 aromatic heterocycles. The summed E-state index contributed by atoms with van der Waals surface area (Å²) in [5.41, 5.74) is 1.68. The van der Waals surface area contributed by atoms with E-state index in [0.29, 0.717) is 41.5 Å². The van der Waals surface area contributed by atoms with E-state index in [1.165, 1.54) is 18.3 Å². The number of alkyl halides is 1. The number of pyridine rings is 1. The molecule has 8 heteroatoms. The Hall–Kier alpha value is -2.77. The molecule has 0 radical (unpaired) electrons. The summed E-state index contributed by atoms with van der Waals surface area (Å²) < 4.78 is 34.1. The third kappa shape index (κ3) is 6.96. The molecule has 0 amide bonds. The van der Waals surface area contributed by atoms with Gasteiger partial charge in [0.2, 0.25) is 0 Å². The third-order valence-electron chi connectivity index (χ3n) is 7.61. The first-order chi connectivity index (χ1) is 17.8. The zero-order valence-corrected chi connectivity index (χ0v) is 21.8. The maximum absolute atomic E-state index is 15.7. The first-order valence-corrected chi connectivity index (χ1v) is 13.1. The van der Waals surface area contributed by atoms with Crippen LogP contribution in [0.25, 0.3) is 10.9 Å². The van der Waals surface area contributed by atoms with Crippen molar-refractivity contribution in [1.29, 1.82) is 0 Å². The lowest BCUT2D eigenvalue weighted by Gasteiger charge is -2.41. The number of carboxylic acids is 1. The van der Waals surface area contributed by atoms with Crippen LogP contribution in [0.3, 0.4) is 0 Å². The van der Waals surface area contributed by atoms with Gasteiger partial charge in [-0.15, -0.1) is 0 Å². The molecule has 0 spiro atoms. The minimum absolute atomic E-state index is 0.0296. The fraction of sp³-hybridized carbons (Fsp3) is 0.448. The van der Waals surface area contributed by atoms with Gasteiger partial charge in [-0.25, -0.2) is 8.78 Å². The van der Waals surface area contributed by atoms with Crippen LogP contribution < -0.4 is 4.74 Å². The molecule has 37 heavy (non-hydrogen) atoms. The fourth-order valence-corrected chi connectivity index (χ4v) is 5.70. The van der Waals surface area contributed by atoms with Crippen molar-refractivity contribution in [2.24, 2.45) is 5.41 Å². The van der Waals surface area contributed by atoms with Crippen LogP contribution in [0.15, 0.2) is 48.7 Å². The molecule has 1 fully saturated rings. The second-order valence-corrected chi connectivity index (χ2v) is 10.5. The number of fused-ring (bicyclic) bond motifs is 1. The van der Waals surface area contributed by atoms with E-state index in [0.717, 1.165) is 38.0 Å². The van der Waals surface area contributed by atoms with Gasteiger partial charge >= 0.3 is 5.97 Å². The fourth-order valence-electron chi connectivity index (χ4n) is 5.44. The van der Waals surface area contributed by atoms with E-state index in [1.54, 1.807) is 25.3 Å². The predicted molar refractivity (Wildman–Crippen MR) is 141 cm³/mol. The van der Waals surface area contributed by atoms with Gasteiger partial charge in [-0.05, 0) is 99.5 Å². The van der Waals surface area contributed by atoms with Crippen molar-refractivity contribution in [3.05, 3.63) is 70.6 Å². The SMILES string of the molecule is COc1ccc2ncc(Cl)c([C@H](F)CCC3(CC(=O)O)CCN(CCCc4ccc(F)cc4)CC3)c2c1. The molecule has 1 N–H and O–H groups in total. The number of aliphatic carboxylic acids is 1. The van der Waals surface area contributed by atoms with Crippen molar-refractivity contribution in [3.63, 3.8) is 0 Å². The molecule has 2 aromatic carbocycles. The van der Waals surface area contributed by atoms with Crippen molar-refractivity contribution in [1.82, 2.24) is 9.88 Å². The normalized spacial score (nSPS) is 16.5. The molecule has 1 atom stereocenters. The number of carboxylic acid groups (broad SMARTS) is 1. The number of piperidine rings is 1. The average Bonchev–Trinajstić information content (AvgIpc) is 2.89. The lowest BCUT2D eigenvalue weighted by molar-refractivity contribution is -0.141. The highest BCUT2D eigenvalue weighted by Gasteiger charge is 2.37. The van der Waals surface area contributed by atoms with Crippen molar-refractivity contribution >= 4 is 28.5 Å². The van der Waals surface area contributed by atoms with Crippen molar-refractivity contribution in [3.8, 4) is 5.75 Å². The Bertz CT molecular complexity index is 1210. The highest BCUT2D eigenvalue weighted by Crippen LogP contribution is 2.44. The largest absolute Gasteiger partial charge is 0.497 e. The molecular formula is C29H33ClF2N2O3. The van der Waals surface area contributed by atoms with Crippen LogP contribution in [0.4, 0.5) is 8.78 Å². The van der Waals surface area contributed by atoms with Crippen molar-refractivity contribution in [2.75, 3.05) is 26.7 Å². The molecule has 198 valence electrons. The minimum Gasteiger partial charge on any atom is -0.497 e. The number of likely N-dealkylation sites (tertiary alicyclic amines) is 1. The van der Waals surface area contributed by atoms with Crippen LogP contribution in [0.2, 0.25) is 5.02 Å². The van der Waals surface area contributed by atoms with Gasteiger partial charge in [0.15, 0.2) is 0 Å². The Morgan fingerprint density at radius 3 is 2.62 bits per heavy atom. The molecule has 0 bridgehead atoms. The Labute approximate surface area is 221 Å². The van der Waals surface area contributed by atoms with Gasteiger partial charge in [-0.2, -0.15) is 0 Å². The molecular weight excluding hydrogens is 498 g/mol.